The van der Waals surface area contributed by atoms with Crippen LogP contribution in [0.1, 0.15) is 33.6 Å². The Labute approximate surface area is 75.7 Å². The molecular formula is C12H18. The van der Waals surface area contributed by atoms with Crippen LogP contribution >= 0.6 is 0 Å². The molecule has 0 fully saturated rings. The van der Waals surface area contributed by atoms with E-state index < -0.39 is 0 Å². The lowest BCUT2D eigenvalue weighted by Gasteiger charge is -2.16. The Kier molecular flexibility index (Phi) is 2.91. The van der Waals surface area contributed by atoms with E-state index in [1.165, 1.54) is 5.57 Å². The van der Waals surface area contributed by atoms with Crippen molar-refractivity contribution in [2.75, 3.05) is 0 Å². The van der Waals surface area contributed by atoms with Crippen molar-refractivity contribution in [3.63, 3.8) is 0 Å². The molecule has 0 heteroatoms. The van der Waals surface area contributed by atoms with Gasteiger partial charge < -0.3 is 0 Å². The summed E-state index contributed by atoms with van der Waals surface area (Å²) < 4.78 is 0. The maximum absolute atomic E-state index is 2.32. The summed E-state index contributed by atoms with van der Waals surface area (Å²) in [5.74, 6) is 0. The molecule has 12 heavy (non-hydrogen) atoms. The zero-order valence-corrected chi connectivity index (χ0v) is 8.30. The molecule has 0 saturated heterocycles. The number of rotatable bonds is 0. The molecule has 0 saturated carbocycles. The smallest absolute Gasteiger partial charge is 0.0138 e. The summed E-state index contributed by atoms with van der Waals surface area (Å²) in [5, 5.41) is 0. The zero-order chi connectivity index (χ0) is 9.03. The molecule has 0 aliphatic heterocycles. The highest BCUT2D eigenvalue weighted by Crippen LogP contribution is 2.24. The van der Waals surface area contributed by atoms with E-state index in [1.54, 1.807) is 0 Å². The van der Waals surface area contributed by atoms with Crippen molar-refractivity contribution < 1.29 is 0 Å². The second-order valence-corrected chi connectivity index (χ2v) is 4.24. The molecule has 0 aromatic heterocycles. The fraction of sp³-hybridized carbons (Fsp3) is 0.500. The van der Waals surface area contributed by atoms with E-state index in [9.17, 15) is 0 Å². The maximum Gasteiger partial charge on any atom is -0.0138 e. The van der Waals surface area contributed by atoms with Crippen molar-refractivity contribution in [2.24, 2.45) is 5.41 Å². The van der Waals surface area contributed by atoms with Gasteiger partial charge in [0.25, 0.3) is 0 Å². The van der Waals surface area contributed by atoms with Gasteiger partial charge in [0.2, 0.25) is 0 Å². The van der Waals surface area contributed by atoms with Gasteiger partial charge in [0.15, 0.2) is 0 Å². The summed E-state index contributed by atoms with van der Waals surface area (Å²) in [6.45, 7) is 6.72. The fourth-order valence-corrected chi connectivity index (χ4v) is 1.30. The molecule has 0 amide bonds. The topological polar surface area (TPSA) is 0 Å². The van der Waals surface area contributed by atoms with Gasteiger partial charge in [-0.15, -0.1) is 0 Å². The van der Waals surface area contributed by atoms with Crippen molar-refractivity contribution in [1.82, 2.24) is 0 Å². The molecule has 1 aliphatic rings. The third-order valence-electron chi connectivity index (χ3n) is 2.17. The van der Waals surface area contributed by atoms with Gasteiger partial charge in [-0.25, -0.2) is 0 Å². The second-order valence-electron chi connectivity index (χ2n) is 4.24. The summed E-state index contributed by atoms with van der Waals surface area (Å²) in [7, 11) is 0. The molecule has 0 bridgehead atoms. The lowest BCUT2D eigenvalue weighted by Crippen LogP contribution is -2.04. The summed E-state index contributed by atoms with van der Waals surface area (Å²) in [5.41, 5.74) is 1.76. The Hall–Kier alpha value is -0.780. The molecule has 0 aromatic carbocycles. The largest absolute Gasteiger partial charge is 0.0839 e. The average molecular weight is 162 g/mol. The Morgan fingerprint density at radius 1 is 1.25 bits per heavy atom. The minimum Gasteiger partial charge on any atom is -0.0839 e. The van der Waals surface area contributed by atoms with E-state index in [1.807, 2.05) is 0 Å². The molecule has 1 rings (SSSR count). The summed E-state index contributed by atoms with van der Waals surface area (Å²) in [4.78, 5) is 0. The van der Waals surface area contributed by atoms with E-state index in [0.29, 0.717) is 5.41 Å². The van der Waals surface area contributed by atoms with Crippen LogP contribution in [-0.2, 0) is 0 Å². The predicted octanol–water partition coefficient (Wildman–Crippen LogP) is 3.87. The lowest BCUT2D eigenvalue weighted by molar-refractivity contribution is 0.488. The zero-order valence-electron chi connectivity index (χ0n) is 8.30. The van der Waals surface area contributed by atoms with Crippen LogP contribution < -0.4 is 0 Å². The second kappa shape index (κ2) is 3.75. The van der Waals surface area contributed by atoms with E-state index in [0.717, 1.165) is 12.8 Å². The average Bonchev–Trinajstić information content (AvgIpc) is 2.02. The third-order valence-corrected chi connectivity index (χ3v) is 2.17. The van der Waals surface area contributed by atoms with E-state index in [2.05, 4.69) is 51.2 Å². The molecule has 66 valence electrons. The molecular weight excluding hydrogens is 144 g/mol. The van der Waals surface area contributed by atoms with Crippen molar-refractivity contribution >= 4 is 0 Å². The van der Waals surface area contributed by atoms with Crippen LogP contribution in [0.4, 0.5) is 0 Å². The molecule has 0 aromatic rings. The van der Waals surface area contributed by atoms with Crippen LogP contribution in [0.3, 0.4) is 0 Å². The molecule has 0 N–H and O–H groups in total. The highest BCUT2D eigenvalue weighted by atomic mass is 14.2. The van der Waals surface area contributed by atoms with Gasteiger partial charge in [-0.1, -0.05) is 49.8 Å². The summed E-state index contributed by atoms with van der Waals surface area (Å²) >= 11 is 0. The van der Waals surface area contributed by atoms with Gasteiger partial charge in [-0.3, -0.25) is 0 Å². The Bertz CT molecular complexity index is 226. The Morgan fingerprint density at radius 3 is 2.75 bits per heavy atom. The monoisotopic (exact) mass is 162 g/mol. The molecule has 0 spiro atoms. The highest BCUT2D eigenvalue weighted by Gasteiger charge is 2.10. The molecule has 0 atom stereocenters. The standard InChI is InChI=1S/C12H18/c1-11-7-4-5-9-12(2,3)10-6-8-11/h4-7,10H,8-9H2,1-3H3/b5-4-,10-6+,11-7+. The van der Waals surface area contributed by atoms with Crippen molar-refractivity contribution in [2.45, 2.75) is 33.6 Å². The van der Waals surface area contributed by atoms with Gasteiger partial charge in [0.1, 0.15) is 0 Å². The van der Waals surface area contributed by atoms with Gasteiger partial charge in [-0.2, -0.15) is 0 Å². The highest BCUT2D eigenvalue weighted by molar-refractivity contribution is 5.17. The Balaban J connectivity index is 2.75. The maximum atomic E-state index is 2.32. The molecule has 0 heterocycles. The van der Waals surface area contributed by atoms with Crippen LogP contribution in [-0.4, -0.2) is 0 Å². The van der Waals surface area contributed by atoms with Crippen LogP contribution in [0.2, 0.25) is 0 Å². The van der Waals surface area contributed by atoms with Crippen LogP contribution in [0.25, 0.3) is 0 Å². The number of hydrogen-bond donors (Lipinski definition) is 0. The van der Waals surface area contributed by atoms with Crippen molar-refractivity contribution in [3.05, 3.63) is 36.0 Å². The third kappa shape index (κ3) is 3.08. The number of hydrogen-bond acceptors (Lipinski definition) is 0. The minimum absolute atomic E-state index is 0.328. The summed E-state index contributed by atoms with van der Waals surface area (Å²) in [6.07, 6.45) is 13.4. The normalized spacial score (nSPS) is 32.1. The van der Waals surface area contributed by atoms with Crippen LogP contribution in [0, 0.1) is 5.41 Å². The molecule has 0 unspecified atom stereocenters. The minimum atomic E-state index is 0.328. The van der Waals surface area contributed by atoms with Gasteiger partial charge in [0.05, 0.1) is 0 Å². The first kappa shape index (κ1) is 9.31. The first-order valence-electron chi connectivity index (χ1n) is 4.60. The first-order chi connectivity index (χ1) is 5.60. The van der Waals surface area contributed by atoms with Crippen molar-refractivity contribution in [1.29, 1.82) is 0 Å². The quantitative estimate of drug-likeness (QED) is 0.474. The lowest BCUT2D eigenvalue weighted by atomic mass is 9.89. The molecule has 0 nitrogen and oxygen atoms in total. The van der Waals surface area contributed by atoms with Gasteiger partial charge >= 0.3 is 0 Å². The van der Waals surface area contributed by atoms with Crippen molar-refractivity contribution in [3.8, 4) is 0 Å². The molecule has 0 radical (unpaired) electrons. The Morgan fingerprint density at radius 2 is 2.00 bits per heavy atom. The summed E-state index contributed by atoms with van der Waals surface area (Å²) in [6, 6.07) is 0. The first-order valence-corrected chi connectivity index (χ1v) is 4.60. The number of allylic oxidation sites excluding steroid dienone is 6. The fourth-order valence-electron chi connectivity index (χ4n) is 1.30. The van der Waals surface area contributed by atoms with Crippen LogP contribution in [0.15, 0.2) is 36.0 Å². The van der Waals surface area contributed by atoms with E-state index >= 15 is 0 Å². The van der Waals surface area contributed by atoms with E-state index in [4.69, 9.17) is 0 Å². The SMILES string of the molecule is C/C1=C\C=C/CC(C)(C)/C=C/C1. The predicted molar refractivity (Wildman–Crippen MR) is 55.1 cm³/mol. The molecule has 1 aliphatic carbocycles. The van der Waals surface area contributed by atoms with Crippen LogP contribution in [0.5, 0.6) is 0 Å². The van der Waals surface area contributed by atoms with E-state index in [-0.39, 0.29) is 0 Å². The van der Waals surface area contributed by atoms with Gasteiger partial charge in [0, 0.05) is 0 Å². The van der Waals surface area contributed by atoms with Gasteiger partial charge in [-0.05, 0) is 25.2 Å².